The Morgan fingerprint density at radius 1 is 1.13 bits per heavy atom. The van der Waals surface area contributed by atoms with Gasteiger partial charge in [-0.15, -0.1) is 0 Å². The van der Waals surface area contributed by atoms with Crippen molar-refractivity contribution in [2.75, 3.05) is 5.32 Å². The quantitative estimate of drug-likeness (QED) is 0.891. The average molecular weight is 346 g/mol. The van der Waals surface area contributed by atoms with E-state index in [4.69, 9.17) is 5.14 Å². The van der Waals surface area contributed by atoms with Gasteiger partial charge in [0.2, 0.25) is 10.0 Å². The number of sulfonamides is 1. The number of benzene rings is 1. The van der Waals surface area contributed by atoms with Gasteiger partial charge in [0.1, 0.15) is 12.2 Å². The lowest BCUT2D eigenvalue weighted by Gasteiger charge is -2.10. The molecule has 2 aromatic rings. The molecule has 124 valence electrons. The van der Waals surface area contributed by atoms with E-state index in [1.807, 2.05) is 0 Å². The van der Waals surface area contributed by atoms with Crippen LogP contribution < -0.4 is 15.4 Å². The molecule has 0 unspecified atom stereocenters. The molecular weight excluding hydrogens is 331 g/mol. The number of aromatic nitrogens is 1. The number of primary sulfonamides is 1. The van der Waals surface area contributed by atoms with Gasteiger partial charge < -0.3 is 0 Å². The summed E-state index contributed by atoms with van der Waals surface area (Å²) in [5.74, 6) is 0.404. The first-order chi connectivity index (χ1) is 10.6. The van der Waals surface area contributed by atoms with Crippen molar-refractivity contribution in [1.29, 1.82) is 0 Å². The van der Waals surface area contributed by atoms with E-state index < -0.39 is 21.8 Å². The first-order valence-corrected chi connectivity index (χ1v) is 8.10. The van der Waals surface area contributed by atoms with Crippen LogP contribution in [0, 0.1) is 0 Å². The second kappa shape index (κ2) is 6.17. The molecule has 4 N–H and O–H groups in total. The topological polar surface area (TPSA) is 86.3 Å². The molecule has 9 heteroatoms. The molecule has 2 rings (SSSR count). The number of hydrogen-bond acceptors (Lipinski definition) is 3. The molecule has 0 saturated carbocycles. The zero-order chi connectivity index (χ0) is 17.3. The van der Waals surface area contributed by atoms with Crippen molar-refractivity contribution in [1.82, 2.24) is 0 Å². The number of anilines is 1. The van der Waals surface area contributed by atoms with E-state index >= 15 is 0 Å². The fraction of sp³-hybridized carbons (Fsp3) is 0.214. The Balaban J connectivity index is 2.11. The monoisotopic (exact) mass is 346 g/mol. The van der Waals surface area contributed by atoms with Crippen LogP contribution in [0.15, 0.2) is 47.5 Å². The van der Waals surface area contributed by atoms with E-state index in [2.05, 4.69) is 10.3 Å². The van der Waals surface area contributed by atoms with Gasteiger partial charge in [-0.1, -0.05) is 12.1 Å². The average Bonchev–Trinajstić information content (AvgIpc) is 2.46. The molecule has 0 aliphatic carbocycles. The Bertz CT molecular complexity index is 772. The largest absolute Gasteiger partial charge is 0.419 e. The number of H-pyrrole nitrogens is 1. The molecule has 0 amide bonds. The zero-order valence-corrected chi connectivity index (χ0v) is 12.9. The van der Waals surface area contributed by atoms with Crippen LogP contribution in [0.5, 0.6) is 0 Å². The molecule has 1 heterocycles. The standard InChI is InChI=1S/C14H14F3N3O2S/c1-9(10-2-5-12(6-3-10)23(18,21)22)20-13-7-4-11(8-19-13)14(15,16)17/h2-9H,1H3,(H,19,20)(H2,18,21,22)/p+1/t9-/m1/s1. The van der Waals surface area contributed by atoms with Crippen molar-refractivity contribution < 1.29 is 26.6 Å². The molecule has 0 spiro atoms. The lowest BCUT2D eigenvalue weighted by atomic mass is 10.1. The van der Waals surface area contributed by atoms with Gasteiger partial charge in [-0.05, 0) is 30.7 Å². The third kappa shape index (κ3) is 4.42. The minimum Gasteiger partial charge on any atom is -0.268 e. The second-order valence-electron chi connectivity index (χ2n) is 4.97. The number of hydrogen-bond donors (Lipinski definition) is 2. The van der Waals surface area contributed by atoms with E-state index in [0.29, 0.717) is 5.82 Å². The normalized spacial score (nSPS) is 13.6. The van der Waals surface area contributed by atoms with Crippen molar-refractivity contribution in [3.8, 4) is 0 Å². The number of aromatic amines is 1. The molecule has 5 nitrogen and oxygen atoms in total. The Morgan fingerprint density at radius 2 is 1.74 bits per heavy atom. The molecule has 0 saturated heterocycles. The van der Waals surface area contributed by atoms with E-state index in [0.717, 1.165) is 17.8 Å². The van der Waals surface area contributed by atoms with Gasteiger partial charge in [-0.2, -0.15) is 13.2 Å². The predicted octanol–water partition coefficient (Wildman–Crippen LogP) is 2.34. The first-order valence-electron chi connectivity index (χ1n) is 6.55. The maximum absolute atomic E-state index is 12.5. The van der Waals surface area contributed by atoms with Crippen LogP contribution in [0.1, 0.15) is 24.1 Å². The van der Waals surface area contributed by atoms with E-state index in [1.54, 1.807) is 19.1 Å². The third-order valence-electron chi connectivity index (χ3n) is 3.22. The summed E-state index contributed by atoms with van der Waals surface area (Å²) in [7, 11) is -3.76. The van der Waals surface area contributed by atoms with Gasteiger partial charge in [-0.3, -0.25) is 5.32 Å². The lowest BCUT2D eigenvalue weighted by molar-refractivity contribution is -0.365. The minimum absolute atomic E-state index is 0.00505. The molecule has 0 aliphatic heterocycles. The molecule has 0 fully saturated rings. The fourth-order valence-corrected chi connectivity index (χ4v) is 2.47. The Morgan fingerprint density at radius 3 is 2.17 bits per heavy atom. The first kappa shape index (κ1) is 17.2. The number of nitrogens with one attached hydrogen (secondary N) is 2. The molecule has 23 heavy (non-hydrogen) atoms. The van der Waals surface area contributed by atoms with Crippen molar-refractivity contribution in [2.24, 2.45) is 5.14 Å². The number of nitrogens with two attached hydrogens (primary N) is 1. The summed E-state index contributed by atoms with van der Waals surface area (Å²) >= 11 is 0. The third-order valence-corrected chi connectivity index (χ3v) is 4.15. The molecule has 1 aromatic heterocycles. The predicted molar refractivity (Wildman–Crippen MR) is 77.9 cm³/mol. The van der Waals surface area contributed by atoms with Gasteiger partial charge >= 0.3 is 6.18 Å². The van der Waals surface area contributed by atoms with Crippen molar-refractivity contribution in [3.63, 3.8) is 0 Å². The molecule has 0 aliphatic rings. The van der Waals surface area contributed by atoms with Crippen molar-refractivity contribution in [3.05, 3.63) is 53.7 Å². The van der Waals surface area contributed by atoms with Gasteiger partial charge in [0.25, 0.3) is 5.82 Å². The summed E-state index contributed by atoms with van der Waals surface area (Å²) in [6, 6.07) is 7.92. The molecule has 1 aromatic carbocycles. The maximum Gasteiger partial charge on any atom is 0.419 e. The van der Waals surface area contributed by atoms with Gasteiger partial charge in [0.05, 0.1) is 10.5 Å². The van der Waals surface area contributed by atoms with E-state index in [-0.39, 0.29) is 10.9 Å². The number of alkyl halides is 3. The van der Waals surface area contributed by atoms with Crippen LogP contribution in [-0.4, -0.2) is 8.42 Å². The summed E-state index contributed by atoms with van der Waals surface area (Å²) < 4.78 is 59.8. The van der Waals surface area contributed by atoms with Crippen molar-refractivity contribution in [2.45, 2.75) is 24.0 Å². The molecule has 1 atom stereocenters. The summed E-state index contributed by atoms with van der Waals surface area (Å²) in [5, 5.41) is 8.01. The van der Waals surface area contributed by atoms with Crippen LogP contribution in [0.4, 0.5) is 19.0 Å². The van der Waals surface area contributed by atoms with Crippen LogP contribution in [-0.2, 0) is 16.2 Å². The molecule has 0 radical (unpaired) electrons. The maximum atomic E-state index is 12.5. The fourth-order valence-electron chi connectivity index (χ4n) is 1.95. The van der Waals surface area contributed by atoms with Gasteiger partial charge in [-0.25, -0.2) is 18.5 Å². The minimum atomic E-state index is -4.40. The summed E-state index contributed by atoms with van der Waals surface area (Å²) in [6.45, 7) is 1.79. The highest BCUT2D eigenvalue weighted by molar-refractivity contribution is 7.89. The SMILES string of the molecule is C[C@@H](Nc1ccc(C(F)(F)F)c[nH+]1)c1ccc(S(N)(=O)=O)cc1. The highest BCUT2D eigenvalue weighted by Gasteiger charge is 2.31. The zero-order valence-electron chi connectivity index (χ0n) is 12.1. The van der Waals surface area contributed by atoms with Gasteiger partial charge in [0, 0.05) is 6.07 Å². The van der Waals surface area contributed by atoms with Crippen LogP contribution in [0.3, 0.4) is 0 Å². The highest BCUT2D eigenvalue weighted by Crippen LogP contribution is 2.28. The van der Waals surface area contributed by atoms with Gasteiger partial charge in [0.15, 0.2) is 0 Å². The Labute approximate surface area is 131 Å². The molecule has 0 bridgehead atoms. The Kier molecular flexibility index (Phi) is 4.62. The van der Waals surface area contributed by atoms with Crippen LogP contribution >= 0.6 is 0 Å². The summed E-state index contributed by atoms with van der Waals surface area (Å²) in [5.41, 5.74) is -0.0149. The van der Waals surface area contributed by atoms with Crippen LogP contribution in [0.25, 0.3) is 0 Å². The number of pyridine rings is 1. The summed E-state index contributed by atoms with van der Waals surface area (Å²) in [6.07, 6.45) is -3.52. The molecular formula is C14H15F3N3O2S+. The number of halogens is 3. The number of rotatable bonds is 4. The lowest BCUT2D eigenvalue weighted by Crippen LogP contribution is -2.18. The second-order valence-corrected chi connectivity index (χ2v) is 6.53. The summed E-state index contributed by atoms with van der Waals surface area (Å²) in [4.78, 5) is 2.53. The van der Waals surface area contributed by atoms with E-state index in [9.17, 15) is 21.6 Å². The van der Waals surface area contributed by atoms with Crippen molar-refractivity contribution >= 4 is 15.8 Å². The smallest absolute Gasteiger partial charge is 0.268 e. The highest BCUT2D eigenvalue weighted by atomic mass is 32.2. The Hall–Kier alpha value is -2.13. The van der Waals surface area contributed by atoms with E-state index in [1.165, 1.54) is 18.2 Å². The van der Waals surface area contributed by atoms with Crippen LogP contribution in [0.2, 0.25) is 0 Å².